The molecule has 138 valence electrons. The van der Waals surface area contributed by atoms with Crippen LogP contribution in [0.3, 0.4) is 0 Å². The first-order chi connectivity index (χ1) is 13.7. The predicted molar refractivity (Wildman–Crippen MR) is 109 cm³/mol. The molecule has 0 aliphatic carbocycles. The normalized spacial score (nSPS) is 18.0. The number of hydrogen-bond acceptors (Lipinski definition) is 3. The summed E-state index contributed by atoms with van der Waals surface area (Å²) in [5.41, 5.74) is 2.46. The monoisotopic (exact) mass is 369 g/mol. The van der Waals surface area contributed by atoms with E-state index in [1.807, 2.05) is 72.8 Å². The maximum absolute atomic E-state index is 13.3. The molecule has 4 rings (SSSR count). The lowest BCUT2D eigenvalue weighted by Crippen LogP contribution is -2.28. The van der Waals surface area contributed by atoms with Crippen LogP contribution in [0.5, 0.6) is 5.75 Å². The summed E-state index contributed by atoms with van der Waals surface area (Å²) in [4.78, 5) is 28.1. The summed E-state index contributed by atoms with van der Waals surface area (Å²) >= 11 is 0. The zero-order valence-electron chi connectivity index (χ0n) is 15.4. The smallest absolute Gasteiger partial charge is 0.262 e. The molecule has 0 saturated carbocycles. The first-order valence-electron chi connectivity index (χ1n) is 9.02. The van der Waals surface area contributed by atoms with Gasteiger partial charge in [0.2, 0.25) is 0 Å². The van der Waals surface area contributed by atoms with Crippen molar-refractivity contribution >= 4 is 23.5 Å². The Bertz CT molecular complexity index is 965. The molecule has 0 aromatic heterocycles. The van der Waals surface area contributed by atoms with Crippen molar-refractivity contribution in [3.05, 3.63) is 102 Å². The summed E-state index contributed by atoms with van der Waals surface area (Å²) in [6.07, 6.45) is 1.66. The number of para-hydroxylation sites is 1. The number of anilines is 1. The average Bonchev–Trinajstić information content (AvgIpc) is 3.00. The highest BCUT2D eigenvalue weighted by molar-refractivity contribution is 6.35. The molecule has 1 atom stereocenters. The Hall–Kier alpha value is -3.66. The van der Waals surface area contributed by atoms with Crippen LogP contribution in [0.2, 0.25) is 0 Å². The highest BCUT2D eigenvalue weighted by Crippen LogP contribution is 2.37. The lowest BCUT2D eigenvalue weighted by molar-refractivity contribution is -0.116. The first-order valence-corrected chi connectivity index (χ1v) is 9.02. The third-order valence-corrected chi connectivity index (χ3v) is 4.80. The van der Waals surface area contributed by atoms with Crippen molar-refractivity contribution in [2.75, 3.05) is 12.0 Å². The Morgan fingerprint density at radius 1 is 0.821 bits per heavy atom. The number of carbonyl (C=O) groups excluding carboxylic acids is 2. The zero-order chi connectivity index (χ0) is 19.5. The minimum atomic E-state index is -0.666. The Morgan fingerprint density at radius 3 is 2.04 bits per heavy atom. The molecule has 3 aromatic rings. The highest BCUT2D eigenvalue weighted by Gasteiger charge is 2.44. The number of amides is 1. The van der Waals surface area contributed by atoms with Gasteiger partial charge in [-0.05, 0) is 41.5 Å². The van der Waals surface area contributed by atoms with Crippen molar-refractivity contribution in [2.45, 2.75) is 6.04 Å². The molecule has 1 fully saturated rings. The summed E-state index contributed by atoms with van der Waals surface area (Å²) in [7, 11) is 1.60. The second-order valence-electron chi connectivity index (χ2n) is 6.52. The number of rotatable bonds is 4. The van der Waals surface area contributed by atoms with E-state index < -0.39 is 6.04 Å². The van der Waals surface area contributed by atoms with Gasteiger partial charge in [-0.1, -0.05) is 60.7 Å². The van der Waals surface area contributed by atoms with Gasteiger partial charge in [-0.3, -0.25) is 14.5 Å². The van der Waals surface area contributed by atoms with Crippen LogP contribution < -0.4 is 9.64 Å². The van der Waals surface area contributed by atoms with Gasteiger partial charge in [0.15, 0.2) is 5.78 Å². The molecule has 0 bridgehead atoms. The lowest BCUT2D eigenvalue weighted by Gasteiger charge is -2.23. The Morgan fingerprint density at radius 2 is 1.43 bits per heavy atom. The fourth-order valence-corrected chi connectivity index (χ4v) is 3.41. The molecular weight excluding hydrogens is 350 g/mol. The van der Waals surface area contributed by atoms with Gasteiger partial charge in [0, 0.05) is 5.69 Å². The van der Waals surface area contributed by atoms with E-state index in [9.17, 15) is 9.59 Å². The van der Waals surface area contributed by atoms with Crippen LogP contribution in [0.25, 0.3) is 6.08 Å². The number of ether oxygens (including phenoxy) is 1. The van der Waals surface area contributed by atoms with Crippen molar-refractivity contribution in [1.29, 1.82) is 0 Å². The maximum Gasteiger partial charge on any atom is 0.262 e. The molecule has 1 saturated heterocycles. The van der Waals surface area contributed by atoms with Gasteiger partial charge in [-0.2, -0.15) is 0 Å². The van der Waals surface area contributed by atoms with Crippen LogP contribution in [-0.2, 0) is 9.59 Å². The quantitative estimate of drug-likeness (QED) is 0.505. The van der Waals surface area contributed by atoms with Crippen LogP contribution in [0.4, 0.5) is 5.69 Å². The summed E-state index contributed by atoms with van der Waals surface area (Å²) in [5, 5.41) is 0. The number of carbonyl (C=O) groups is 2. The average molecular weight is 369 g/mol. The third kappa shape index (κ3) is 3.21. The van der Waals surface area contributed by atoms with E-state index in [-0.39, 0.29) is 17.3 Å². The number of ketones is 1. The van der Waals surface area contributed by atoms with E-state index in [0.717, 1.165) is 16.9 Å². The van der Waals surface area contributed by atoms with E-state index in [1.54, 1.807) is 30.2 Å². The summed E-state index contributed by atoms with van der Waals surface area (Å²) < 4.78 is 5.17. The predicted octanol–water partition coefficient (Wildman–Crippen LogP) is 4.44. The van der Waals surface area contributed by atoms with Crippen LogP contribution in [0, 0.1) is 0 Å². The molecule has 4 heteroatoms. The standard InChI is InChI=1S/C24H19NO3/c1-28-20-14-12-17(13-15-20)16-21-23(26)22(18-8-4-2-5-9-18)25(24(21)27)19-10-6-3-7-11-19/h2-16,22H,1H3/b21-16+. The van der Waals surface area contributed by atoms with E-state index in [1.165, 1.54) is 0 Å². The van der Waals surface area contributed by atoms with Crippen molar-refractivity contribution in [2.24, 2.45) is 0 Å². The van der Waals surface area contributed by atoms with E-state index in [4.69, 9.17) is 4.74 Å². The van der Waals surface area contributed by atoms with Crippen LogP contribution in [0.1, 0.15) is 17.2 Å². The van der Waals surface area contributed by atoms with Gasteiger partial charge < -0.3 is 4.74 Å². The topological polar surface area (TPSA) is 46.6 Å². The van der Waals surface area contributed by atoms with Gasteiger partial charge >= 0.3 is 0 Å². The summed E-state index contributed by atoms with van der Waals surface area (Å²) in [6.45, 7) is 0. The van der Waals surface area contributed by atoms with Gasteiger partial charge in [0.25, 0.3) is 5.91 Å². The van der Waals surface area contributed by atoms with Crippen LogP contribution in [0.15, 0.2) is 90.5 Å². The van der Waals surface area contributed by atoms with E-state index in [2.05, 4.69) is 0 Å². The van der Waals surface area contributed by atoms with Crippen LogP contribution in [-0.4, -0.2) is 18.8 Å². The molecule has 1 heterocycles. The molecule has 1 amide bonds. The molecular formula is C24H19NO3. The fraction of sp³-hybridized carbons (Fsp3) is 0.0833. The molecule has 0 spiro atoms. The lowest BCUT2D eigenvalue weighted by atomic mass is 10.00. The van der Waals surface area contributed by atoms with Crippen molar-refractivity contribution in [3.63, 3.8) is 0 Å². The third-order valence-electron chi connectivity index (χ3n) is 4.80. The SMILES string of the molecule is COc1ccc(/C=C2\C(=O)C(c3ccccc3)N(c3ccccc3)C2=O)cc1. The van der Waals surface area contributed by atoms with E-state index in [0.29, 0.717) is 5.69 Å². The van der Waals surface area contributed by atoms with Gasteiger partial charge in [0.05, 0.1) is 12.7 Å². The second-order valence-corrected chi connectivity index (χ2v) is 6.52. The van der Waals surface area contributed by atoms with Gasteiger partial charge in [0.1, 0.15) is 11.8 Å². The molecule has 0 radical (unpaired) electrons. The highest BCUT2D eigenvalue weighted by atomic mass is 16.5. The molecule has 0 N–H and O–H groups in total. The Balaban J connectivity index is 1.80. The minimum absolute atomic E-state index is 0.183. The zero-order valence-corrected chi connectivity index (χ0v) is 15.4. The number of benzene rings is 3. The van der Waals surface area contributed by atoms with E-state index >= 15 is 0 Å². The van der Waals surface area contributed by atoms with Crippen molar-refractivity contribution < 1.29 is 14.3 Å². The Kier molecular flexibility index (Phi) is 4.77. The van der Waals surface area contributed by atoms with Crippen LogP contribution >= 0.6 is 0 Å². The summed E-state index contributed by atoms with van der Waals surface area (Å²) in [6, 6.07) is 25.3. The molecule has 1 aliphatic heterocycles. The number of hydrogen-bond donors (Lipinski definition) is 0. The van der Waals surface area contributed by atoms with Gasteiger partial charge in [-0.25, -0.2) is 0 Å². The summed E-state index contributed by atoms with van der Waals surface area (Å²) in [5.74, 6) is 0.232. The van der Waals surface area contributed by atoms with Crippen molar-refractivity contribution in [1.82, 2.24) is 0 Å². The number of methoxy groups -OCH3 is 1. The van der Waals surface area contributed by atoms with Crippen molar-refractivity contribution in [3.8, 4) is 5.75 Å². The Labute approximate surface area is 163 Å². The number of nitrogens with zero attached hydrogens (tertiary/aromatic N) is 1. The molecule has 4 nitrogen and oxygen atoms in total. The minimum Gasteiger partial charge on any atom is -0.497 e. The second kappa shape index (κ2) is 7.53. The molecule has 1 aliphatic rings. The first kappa shape index (κ1) is 17.7. The molecule has 1 unspecified atom stereocenters. The molecule has 3 aromatic carbocycles. The largest absolute Gasteiger partial charge is 0.497 e. The fourth-order valence-electron chi connectivity index (χ4n) is 3.41. The van der Waals surface area contributed by atoms with Gasteiger partial charge in [-0.15, -0.1) is 0 Å². The number of Topliss-reactive ketones (excluding diaryl/α,β-unsaturated/α-hetero) is 1. The molecule has 28 heavy (non-hydrogen) atoms. The maximum atomic E-state index is 13.3.